The average Bonchev–Trinajstić information content (AvgIpc) is 2.31. The summed E-state index contributed by atoms with van der Waals surface area (Å²) >= 11 is 0. The molecule has 0 radical (unpaired) electrons. The van der Waals surface area contributed by atoms with Gasteiger partial charge >= 0.3 is 0 Å². The molecule has 1 N–H and O–H groups in total. The summed E-state index contributed by atoms with van der Waals surface area (Å²) in [5.74, 6) is 5.71. The number of rotatable bonds is 9. The molecule has 0 amide bonds. The van der Waals surface area contributed by atoms with Gasteiger partial charge in [-0.25, -0.2) is 0 Å². The molecule has 0 aliphatic heterocycles. The van der Waals surface area contributed by atoms with Gasteiger partial charge in [-0.2, -0.15) is 0 Å². The molecule has 0 fully saturated rings. The van der Waals surface area contributed by atoms with E-state index in [4.69, 9.17) is 5.11 Å². The van der Waals surface area contributed by atoms with Crippen LogP contribution in [0.15, 0.2) is 12.7 Å². The number of hydrogen-bond donors (Lipinski definition) is 1. The first-order valence-electron chi connectivity index (χ1n) is 6.60. The Kier molecular flexibility index (Phi) is 11.8. The first-order chi connectivity index (χ1) is 7.81. The summed E-state index contributed by atoms with van der Waals surface area (Å²) in [6.07, 6.45) is 12.3. The first kappa shape index (κ1) is 15.3. The Morgan fingerprint density at radius 1 is 1.06 bits per heavy atom. The second-order valence-corrected chi connectivity index (χ2v) is 4.23. The number of aliphatic hydroxyl groups excluding tert-OH is 1. The van der Waals surface area contributed by atoms with Crippen LogP contribution in [0.5, 0.6) is 0 Å². The molecule has 0 bridgehead atoms. The van der Waals surface area contributed by atoms with Crippen molar-refractivity contribution in [2.24, 2.45) is 0 Å². The van der Waals surface area contributed by atoms with Crippen molar-refractivity contribution < 1.29 is 5.11 Å². The van der Waals surface area contributed by atoms with E-state index in [1.807, 2.05) is 0 Å². The molecular weight excluding hydrogens is 196 g/mol. The SMILES string of the molecule is C=C[C@H](O)C#CCCCCCCCCCC. The number of hydrogen-bond acceptors (Lipinski definition) is 1. The van der Waals surface area contributed by atoms with Gasteiger partial charge in [0.2, 0.25) is 0 Å². The Labute approximate surface area is 101 Å². The monoisotopic (exact) mass is 222 g/mol. The Hall–Kier alpha value is -0.740. The third-order valence-electron chi connectivity index (χ3n) is 2.63. The van der Waals surface area contributed by atoms with Crippen molar-refractivity contribution in [3.05, 3.63) is 12.7 Å². The van der Waals surface area contributed by atoms with Gasteiger partial charge in [0.05, 0.1) is 0 Å². The Morgan fingerprint density at radius 2 is 1.62 bits per heavy atom. The molecule has 0 spiro atoms. The second kappa shape index (κ2) is 12.3. The first-order valence-corrected chi connectivity index (χ1v) is 6.60. The van der Waals surface area contributed by atoms with Gasteiger partial charge < -0.3 is 5.11 Å². The molecule has 0 aliphatic rings. The molecule has 1 nitrogen and oxygen atoms in total. The fraction of sp³-hybridized carbons (Fsp3) is 0.733. The van der Waals surface area contributed by atoms with Crippen molar-refractivity contribution in [3.8, 4) is 11.8 Å². The molecule has 1 heteroatoms. The smallest absolute Gasteiger partial charge is 0.133 e. The number of unbranched alkanes of at least 4 members (excludes halogenated alkanes) is 8. The van der Waals surface area contributed by atoms with Gasteiger partial charge in [0.15, 0.2) is 0 Å². The lowest BCUT2D eigenvalue weighted by atomic mass is 10.1. The minimum Gasteiger partial charge on any atom is -0.377 e. The van der Waals surface area contributed by atoms with Crippen LogP contribution in [0.2, 0.25) is 0 Å². The fourth-order valence-corrected chi connectivity index (χ4v) is 1.58. The molecule has 0 aromatic rings. The van der Waals surface area contributed by atoms with Crippen LogP contribution in [-0.4, -0.2) is 11.2 Å². The summed E-state index contributed by atoms with van der Waals surface area (Å²) in [7, 11) is 0. The van der Waals surface area contributed by atoms with E-state index in [-0.39, 0.29) is 0 Å². The van der Waals surface area contributed by atoms with Crippen LogP contribution in [0, 0.1) is 11.8 Å². The highest BCUT2D eigenvalue weighted by Gasteiger charge is 1.91. The lowest BCUT2D eigenvalue weighted by Gasteiger charge is -1.99. The quantitative estimate of drug-likeness (QED) is 0.354. The van der Waals surface area contributed by atoms with Crippen LogP contribution in [0.1, 0.15) is 64.7 Å². The lowest BCUT2D eigenvalue weighted by molar-refractivity contribution is 0.281. The molecule has 0 saturated heterocycles. The minimum absolute atomic E-state index is 0.644. The van der Waals surface area contributed by atoms with Crippen molar-refractivity contribution in [1.82, 2.24) is 0 Å². The zero-order valence-electron chi connectivity index (χ0n) is 10.7. The average molecular weight is 222 g/mol. The molecule has 0 heterocycles. The molecule has 0 saturated carbocycles. The van der Waals surface area contributed by atoms with Gasteiger partial charge in [-0.1, -0.05) is 70.4 Å². The van der Waals surface area contributed by atoms with Gasteiger partial charge in [-0.3, -0.25) is 0 Å². The predicted molar refractivity (Wildman–Crippen MR) is 71.2 cm³/mol. The molecular formula is C15H26O. The van der Waals surface area contributed by atoms with Crippen molar-refractivity contribution >= 4 is 0 Å². The maximum absolute atomic E-state index is 9.09. The summed E-state index contributed by atoms with van der Waals surface area (Å²) < 4.78 is 0. The molecule has 92 valence electrons. The molecule has 16 heavy (non-hydrogen) atoms. The van der Waals surface area contributed by atoms with Crippen LogP contribution in [0.25, 0.3) is 0 Å². The van der Waals surface area contributed by atoms with Gasteiger partial charge in [0.25, 0.3) is 0 Å². The van der Waals surface area contributed by atoms with E-state index in [9.17, 15) is 0 Å². The maximum Gasteiger partial charge on any atom is 0.133 e. The fourth-order valence-electron chi connectivity index (χ4n) is 1.58. The van der Waals surface area contributed by atoms with E-state index >= 15 is 0 Å². The van der Waals surface area contributed by atoms with Crippen LogP contribution >= 0.6 is 0 Å². The second-order valence-electron chi connectivity index (χ2n) is 4.23. The van der Waals surface area contributed by atoms with Crippen LogP contribution < -0.4 is 0 Å². The van der Waals surface area contributed by atoms with E-state index in [0.717, 1.165) is 12.8 Å². The van der Waals surface area contributed by atoms with Crippen molar-refractivity contribution in [1.29, 1.82) is 0 Å². The summed E-state index contributed by atoms with van der Waals surface area (Å²) in [4.78, 5) is 0. The van der Waals surface area contributed by atoms with E-state index in [1.165, 1.54) is 51.0 Å². The zero-order valence-corrected chi connectivity index (χ0v) is 10.7. The molecule has 1 atom stereocenters. The van der Waals surface area contributed by atoms with Gasteiger partial charge in [-0.15, -0.1) is 5.92 Å². The molecule has 0 unspecified atom stereocenters. The third-order valence-corrected chi connectivity index (χ3v) is 2.63. The normalized spacial score (nSPS) is 11.6. The highest BCUT2D eigenvalue weighted by atomic mass is 16.3. The summed E-state index contributed by atoms with van der Waals surface area (Å²) in [6, 6.07) is 0. The zero-order chi connectivity index (χ0) is 12.1. The predicted octanol–water partition coefficient (Wildman–Crippen LogP) is 4.07. The highest BCUT2D eigenvalue weighted by Crippen LogP contribution is 2.09. The molecule has 0 aromatic heterocycles. The maximum atomic E-state index is 9.09. The Morgan fingerprint density at radius 3 is 2.19 bits per heavy atom. The summed E-state index contributed by atoms with van der Waals surface area (Å²) in [5, 5.41) is 9.09. The standard InChI is InChI=1S/C15H26O/c1-3-5-6-7-8-9-10-11-12-13-14-15(16)4-2/h4,15-16H,2-3,5-12H2,1H3/t15-/m0/s1. The lowest BCUT2D eigenvalue weighted by Crippen LogP contribution is -1.94. The largest absolute Gasteiger partial charge is 0.377 e. The van der Waals surface area contributed by atoms with Gasteiger partial charge in [0, 0.05) is 6.42 Å². The third kappa shape index (κ3) is 11.3. The Bertz CT molecular complexity index is 209. The van der Waals surface area contributed by atoms with Gasteiger partial charge in [0.1, 0.15) is 6.10 Å². The van der Waals surface area contributed by atoms with Crippen LogP contribution in [0.4, 0.5) is 0 Å². The highest BCUT2D eigenvalue weighted by molar-refractivity contribution is 5.10. The van der Waals surface area contributed by atoms with E-state index in [0.29, 0.717) is 0 Å². The van der Waals surface area contributed by atoms with Crippen molar-refractivity contribution in [2.45, 2.75) is 70.8 Å². The topological polar surface area (TPSA) is 20.2 Å². The number of aliphatic hydroxyl groups is 1. The summed E-state index contributed by atoms with van der Waals surface area (Å²) in [6.45, 7) is 5.72. The minimum atomic E-state index is -0.644. The summed E-state index contributed by atoms with van der Waals surface area (Å²) in [5.41, 5.74) is 0. The molecule has 0 aromatic carbocycles. The van der Waals surface area contributed by atoms with Gasteiger partial charge in [-0.05, 0) is 6.42 Å². The molecule has 0 aliphatic carbocycles. The van der Waals surface area contributed by atoms with Crippen molar-refractivity contribution in [3.63, 3.8) is 0 Å². The van der Waals surface area contributed by atoms with E-state index < -0.39 is 6.10 Å². The van der Waals surface area contributed by atoms with E-state index in [2.05, 4.69) is 25.3 Å². The Balaban J connectivity index is 3.14. The van der Waals surface area contributed by atoms with Crippen LogP contribution in [-0.2, 0) is 0 Å². The van der Waals surface area contributed by atoms with Crippen molar-refractivity contribution in [2.75, 3.05) is 0 Å². The molecule has 0 rings (SSSR count). The van der Waals surface area contributed by atoms with E-state index in [1.54, 1.807) is 0 Å². The van der Waals surface area contributed by atoms with Crippen LogP contribution in [0.3, 0.4) is 0 Å².